The Kier molecular flexibility index (Phi) is 3.79. The summed E-state index contributed by atoms with van der Waals surface area (Å²) >= 11 is 0. The van der Waals surface area contributed by atoms with Crippen molar-refractivity contribution in [3.63, 3.8) is 0 Å². The molecular formula is C17H19N7O. The molecule has 3 aromatic rings. The summed E-state index contributed by atoms with van der Waals surface area (Å²) in [5.74, 6) is 1.07. The molecule has 8 nitrogen and oxygen atoms in total. The minimum Gasteiger partial charge on any atom is -0.297 e. The fraction of sp³-hybridized carbons (Fsp3) is 0.353. The van der Waals surface area contributed by atoms with E-state index >= 15 is 0 Å². The van der Waals surface area contributed by atoms with Gasteiger partial charge in [0.15, 0.2) is 5.69 Å². The van der Waals surface area contributed by atoms with E-state index in [1.54, 1.807) is 4.68 Å². The van der Waals surface area contributed by atoms with E-state index in [0.717, 1.165) is 42.9 Å². The minimum absolute atomic E-state index is 0.286. The molecule has 0 atom stereocenters. The predicted molar refractivity (Wildman–Crippen MR) is 91.7 cm³/mol. The Hall–Kier alpha value is -3.03. The molecule has 4 rings (SSSR count). The average Bonchev–Trinajstić information content (AvgIpc) is 3.20. The summed E-state index contributed by atoms with van der Waals surface area (Å²) in [6, 6.07) is 7.90. The second-order valence-corrected chi connectivity index (χ2v) is 6.27. The summed E-state index contributed by atoms with van der Waals surface area (Å²) in [6.07, 6.45) is 3.07. The minimum atomic E-state index is -0.323. The number of rotatable bonds is 3. The molecule has 1 aromatic carbocycles. The van der Waals surface area contributed by atoms with Crippen LogP contribution in [0.1, 0.15) is 40.4 Å². The smallest absolute Gasteiger partial charge is 0.280 e. The average molecular weight is 337 g/mol. The SMILES string of the molecule is Cc1ccc(-n2nnc(C(=O)Nc3nnc4n3CCCC4)c2C)cc1. The molecule has 0 spiro atoms. The summed E-state index contributed by atoms with van der Waals surface area (Å²) in [4.78, 5) is 12.6. The van der Waals surface area contributed by atoms with Gasteiger partial charge in [0.1, 0.15) is 5.82 Å². The highest BCUT2D eigenvalue weighted by Gasteiger charge is 2.21. The molecule has 3 heterocycles. The first kappa shape index (κ1) is 15.5. The van der Waals surface area contributed by atoms with Crippen molar-refractivity contribution in [3.8, 4) is 5.69 Å². The molecule has 8 heteroatoms. The van der Waals surface area contributed by atoms with Crippen molar-refractivity contribution in [1.82, 2.24) is 29.8 Å². The molecule has 1 aliphatic rings. The van der Waals surface area contributed by atoms with Crippen molar-refractivity contribution in [2.45, 2.75) is 39.7 Å². The van der Waals surface area contributed by atoms with Gasteiger partial charge in [-0.15, -0.1) is 15.3 Å². The third kappa shape index (κ3) is 2.79. The molecule has 2 aromatic heterocycles. The molecule has 0 aliphatic carbocycles. The maximum Gasteiger partial charge on any atom is 0.280 e. The van der Waals surface area contributed by atoms with Crippen molar-refractivity contribution in [2.24, 2.45) is 0 Å². The Morgan fingerprint density at radius 3 is 2.68 bits per heavy atom. The van der Waals surface area contributed by atoms with Gasteiger partial charge in [0.2, 0.25) is 5.95 Å². The van der Waals surface area contributed by atoms with Crippen molar-refractivity contribution in [1.29, 1.82) is 0 Å². The molecule has 0 saturated heterocycles. The summed E-state index contributed by atoms with van der Waals surface area (Å²) < 4.78 is 3.62. The van der Waals surface area contributed by atoms with Gasteiger partial charge in [-0.05, 0) is 38.8 Å². The number of nitrogens with one attached hydrogen (secondary N) is 1. The molecular weight excluding hydrogens is 318 g/mol. The molecule has 0 radical (unpaired) electrons. The van der Waals surface area contributed by atoms with Gasteiger partial charge in [0.25, 0.3) is 5.91 Å². The van der Waals surface area contributed by atoms with E-state index in [-0.39, 0.29) is 11.6 Å². The standard InChI is InChI=1S/C17H19N7O/c1-11-6-8-13(9-7-11)24-12(2)15(20-22-24)16(25)18-17-21-19-14-5-3-4-10-23(14)17/h6-9H,3-5,10H2,1-2H3,(H,18,21,25). The fourth-order valence-electron chi connectivity index (χ4n) is 3.03. The fourth-order valence-corrected chi connectivity index (χ4v) is 3.03. The molecule has 0 bridgehead atoms. The molecule has 0 fully saturated rings. The maximum absolute atomic E-state index is 12.6. The Labute approximate surface area is 144 Å². The first-order valence-electron chi connectivity index (χ1n) is 8.36. The zero-order valence-corrected chi connectivity index (χ0v) is 14.2. The second-order valence-electron chi connectivity index (χ2n) is 6.27. The number of fused-ring (bicyclic) bond motifs is 1. The predicted octanol–water partition coefficient (Wildman–Crippen LogP) is 2.06. The largest absolute Gasteiger partial charge is 0.297 e. The lowest BCUT2D eigenvalue weighted by molar-refractivity contribution is 0.102. The number of benzene rings is 1. The second kappa shape index (κ2) is 6.12. The molecule has 0 saturated carbocycles. The van der Waals surface area contributed by atoms with Crippen molar-refractivity contribution >= 4 is 11.9 Å². The first-order valence-corrected chi connectivity index (χ1v) is 8.36. The van der Waals surface area contributed by atoms with Crippen LogP contribution in [0, 0.1) is 13.8 Å². The lowest BCUT2D eigenvalue weighted by Crippen LogP contribution is -2.19. The van der Waals surface area contributed by atoms with E-state index in [2.05, 4.69) is 25.8 Å². The number of carbonyl (C=O) groups is 1. The van der Waals surface area contributed by atoms with E-state index in [9.17, 15) is 4.79 Å². The van der Waals surface area contributed by atoms with Gasteiger partial charge in [0, 0.05) is 13.0 Å². The van der Waals surface area contributed by atoms with Crippen LogP contribution in [0.3, 0.4) is 0 Å². The normalized spacial score (nSPS) is 13.5. The zero-order chi connectivity index (χ0) is 17.4. The van der Waals surface area contributed by atoms with Crippen molar-refractivity contribution in [3.05, 3.63) is 47.0 Å². The van der Waals surface area contributed by atoms with E-state index in [1.807, 2.05) is 42.7 Å². The number of amides is 1. The third-order valence-corrected chi connectivity index (χ3v) is 4.47. The summed E-state index contributed by atoms with van der Waals surface area (Å²) in [6.45, 7) is 4.68. The van der Waals surface area contributed by atoms with Gasteiger partial charge >= 0.3 is 0 Å². The number of hydrogen-bond acceptors (Lipinski definition) is 5. The highest BCUT2D eigenvalue weighted by atomic mass is 16.2. The number of aryl methyl sites for hydroxylation is 2. The highest BCUT2D eigenvalue weighted by Crippen LogP contribution is 2.18. The van der Waals surface area contributed by atoms with Crippen LogP contribution in [0.2, 0.25) is 0 Å². The molecule has 1 aliphatic heterocycles. The van der Waals surface area contributed by atoms with Crippen LogP contribution in [-0.2, 0) is 13.0 Å². The summed E-state index contributed by atoms with van der Waals surface area (Å²) in [7, 11) is 0. The lowest BCUT2D eigenvalue weighted by atomic mass is 10.2. The Morgan fingerprint density at radius 1 is 1.08 bits per heavy atom. The molecule has 1 amide bonds. The van der Waals surface area contributed by atoms with Crippen LogP contribution in [0.25, 0.3) is 5.69 Å². The Morgan fingerprint density at radius 2 is 1.88 bits per heavy atom. The molecule has 25 heavy (non-hydrogen) atoms. The number of carbonyl (C=O) groups excluding carboxylic acids is 1. The van der Waals surface area contributed by atoms with Gasteiger partial charge in [-0.3, -0.25) is 14.7 Å². The van der Waals surface area contributed by atoms with E-state index < -0.39 is 0 Å². The van der Waals surface area contributed by atoms with E-state index in [0.29, 0.717) is 11.6 Å². The van der Waals surface area contributed by atoms with Crippen LogP contribution in [-0.4, -0.2) is 35.7 Å². The summed E-state index contributed by atoms with van der Waals surface area (Å²) in [5, 5.41) is 19.2. The zero-order valence-electron chi connectivity index (χ0n) is 14.2. The maximum atomic E-state index is 12.6. The lowest BCUT2D eigenvalue weighted by Gasteiger charge is -2.14. The number of aromatic nitrogens is 6. The highest BCUT2D eigenvalue weighted by molar-refractivity contribution is 6.02. The van der Waals surface area contributed by atoms with Gasteiger partial charge in [-0.2, -0.15) is 0 Å². The molecule has 0 unspecified atom stereocenters. The Bertz CT molecular complexity index is 923. The Balaban J connectivity index is 1.59. The quantitative estimate of drug-likeness (QED) is 0.790. The van der Waals surface area contributed by atoms with Crippen molar-refractivity contribution < 1.29 is 4.79 Å². The van der Waals surface area contributed by atoms with Crippen molar-refractivity contribution in [2.75, 3.05) is 5.32 Å². The van der Waals surface area contributed by atoms with Gasteiger partial charge in [-0.25, -0.2) is 4.68 Å². The number of nitrogens with zero attached hydrogens (tertiary/aromatic N) is 6. The number of anilines is 1. The van der Waals surface area contributed by atoms with E-state index in [4.69, 9.17) is 0 Å². The topological polar surface area (TPSA) is 90.5 Å². The van der Waals surface area contributed by atoms with Gasteiger partial charge < -0.3 is 0 Å². The monoisotopic (exact) mass is 337 g/mol. The van der Waals surface area contributed by atoms with Gasteiger partial charge in [-0.1, -0.05) is 22.9 Å². The molecule has 1 N–H and O–H groups in total. The van der Waals surface area contributed by atoms with Crippen LogP contribution < -0.4 is 5.32 Å². The summed E-state index contributed by atoms with van der Waals surface area (Å²) in [5.41, 5.74) is 3.00. The first-order chi connectivity index (χ1) is 12.1. The van der Waals surface area contributed by atoms with Crippen LogP contribution >= 0.6 is 0 Å². The van der Waals surface area contributed by atoms with Crippen LogP contribution in [0.5, 0.6) is 0 Å². The third-order valence-electron chi connectivity index (χ3n) is 4.47. The van der Waals surface area contributed by atoms with Crippen LogP contribution in [0.15, 0.2) is 24.3 Å². The molecule has 128 valence electrons. The van der Waals surface area contributed by atoms with E-state index in [1.165, 1.54) is 0 Å². The van der Waals surface area contributed by atoms with Crippen LogP contribution in [0.4, 0.5) is 5.95 Å². The number of hydrogen-bond donors (Lipinski definition) is 1. The van der Waals surface area contributed by atoms with Gasteiger partial charge in [0.05, 0.1) is 11.4 Å².